The number of nitrogens with zero attached hydrogens (tertiary/aromatic N) is 1. The van der Waals surface area contributed by atoms with Crippen LogP contribution in [0.4, 0.5) is 4.39 Å². The number of esters is 1. The number of alkyl halides is 1. The van der Waals surface area contributed by atoms with E-state index in [9.17, 15) is 28.8 Å². The van der Waals surface area contributed by atoms with E-state index in [1.165, 1.54) is 19.1 Å². The second-order valence-electron chi connectivity index (χ2n) is 8.85. The highest BCUT2D eigenvalue weighted by atomic mass is 31.2. The molecule has 1 amide bonds. The molecule has 15 heteroatoms. The summed E-state index contributed by atoms with van der Waals surface area (Å²) in [5.41, 5.74) is -2.50. The van der Waals surface area contributed by atoms with Crippen molar-refractivity contribution in [2.45, 2.75) is 63.4 Å². The van der Waals surface area contributed by atoms with Crippen molar-refractivity contribution in [3.63, 3.8) is 0 Å². The molecule has 3 rings (SSSR count). The van der Waals surface area contributed by atoms with Crippen molar-refractivity contribution in [1.82, 2.24) is 9.99 Å². The molecule has 1 aromatic carbocycles. The van der Waals surface area contributed by atoms with Crippen LogP contribution in [0.2, 0.25) is 0 Å². The summed E-state index contributed by atoms with van der Waals surface area (Å²) in [6.45, 7) is 2.64. The average molecular weight is 558 g/mol. The number of carboxylic acid groups (broad SMARTS) is 1. The van der Waals surface area contributed by atoms with Crippen LogP contribution in [-0.2, 0) is 37.7 Å². The van der Waals surface area contributed by atoms with Crippen LogP contribution in [0.25, 0.3) is 0 Å². The van der Waals surface area contributed by atoms with Crippen LogP contribution in [0.5, 0.6) is 5.75 Å². The Balaban J connectivity index is 1.76. The average Bonchev–Trinajstić information content (AvgIpc) is 3.06. The third-order valence-electron chi connectivity index (χ3n) is 5.73. The summed E-state index contributed by atoms with van der Waals surface area (Å²) < 4.78 is 50.2. The third kappa shape index (κ3) is 6.83. The number of benzene rings is 1. The normalized spacial score (nSPS) is 28.4. The number of hydrogen-bond acceptors (Lipinski definition) is 10. The molecule has 3 N–H and O–H groups in total. The van der Waals surface area contributed by atoms with E-state index in [4.69, 9.17) is 23.6 Å². The lowest BCUT2D eigenvalue weighted by Crippen LogP contribution is -2.51. The van der Waals surface area contributed by atoms with Crippen LogP contribution in [0.3, 0.4) is 0 Å². The summed E-state index contributed by atoms with van der Waals surface area (Å²) in [7, 11) is -4.46. The fourth-order valence-electron chi connectivity index (χ4n) is 3.60. The number of carboxylic acids is 1. The molecule has 2 heterocycles. The molecule has 2 aliphatic rings. The maximum atomic E-state index is 15.5. The molecule has 38 heavy (non-hydrogen) atoms. The first-order chi connectivity index (χ1) is 17.7. The van der Waals surface area contributed by atoms with E-state index >= 15 is 4.39 Å². The molecule has 0 saturated carbocycles. The summed E-state index contributed by atoms with van der Waals surface area (Å²) in [4.78, 5) is 47.8. The Morgan fingerprint density at radius 3 is 2.55 bits per heavy atom. The Hall–Kier alpha value is -3.16. The van der Waals surface area contributed by atoms with Gasteiger partial charge in [-0.1, -0.05) is 18.2 Å². The maximum absolute atomic E-state index is 15.5. The highest BCUT2D eigenvalue weighted by molar-refractivity contribution is 7.52. The van der Waals surface area contributed by atoms with Crippen LogP contribution in [-0.4, -0.2) is 81.6 Å². The van der Waals surface area contributed by atoms with Gasteiger partial charge in [0, 0.05) is 6.20 Å². The van der Waals surface area contributed by atoms with Gasteiger partial charge < -0.3 is 24.2 Å². The van der Waals surface area contributed by atoms with E-state index in [0.717, 1.165) is 31.0 Å². The van der Waals surface area contributed by atoms with Crippen molar-refractivity contribution in [2.24, 2.45) is 0 Å². The molecular weight excluding hydrogens is 530 g/mol. The minimum absolute atomic E-state index is 0.0672. The second-order valence-corrected chi connectivity index (χ2v) is 10.5. The topological polar surface area (TPSA) is 178 Å². The van der Waals surface area contributed by atoms with Crippen LogP contribution in [0.1, 0.15) is 27.2 Å². The van der Waals surface area contributed by atoms with E-state index in [2.05, 4.69) is 5.09 Å². The Morgan fingerprint density at radius 1 is 1.29 bits per heavy atom. The molecule has 1 saturated heterocycles. The first-order valence-corrected chi connectivity index (χ1v) is 13.0. The number of carbonyl (C=O) groups is 4. The fraction of sp³-hybridized carbons (Fsp3) is 0.478. The standard InChI is InChI=1S/C23H28FN2O11P/c1-13(21(32)35-14(2)20(30)31)25-38(33,37-16-7-5-4-6-8-16)34-12-17-19(29)23(3,24)22(36-17)26-10-9-15(27)11-18(26)28/h4-10,13-14,17,19,22,29H,11-12H2,1-3H3,(H,25,33)(H,30,31)/t13-,14-,17+,19+,22+,23+,38?/m0/s1. The number of rotatable bonds is 11. The first-order valence-electron chi connectivity index (χ1n) is 11.5. The fourth-order valence-corrected chi connectivity index (χ4v) is 5.11. The Labute approximate surface area is 217 Å². The number of allylic oxidation sites excluding steroid dienone is 1. The summed E-state index contributed by atoms with van der Waals surface area (Å²) in [5.74, 6) is -3.60. The number of aliphatic carboxylic acids is 1. The second kappa shape index (κ2) is 11.7. The van der Waals surface area contributed by atoms with Crippen LogP contribution in [0.15, 0.2) is 42.6 Å². The lowest BCUT2D eigenvalue weighted by Gasteiger charge is -2.32. The zero-order valence-electron chi connectivity index (χ0n) is 20.7. The van der Waals surface area contributed by atoms with E-state index in [1.54, 1.807) is 18.2 Å². The predicted octanol–water partition coefficient (Wildman–Crippen LogP) is 1.31. The maximum Gasteiger partial charge on any atom is 0.459 e. The predicted molar refractivity (Wildman–Crippen MR) is 126 cm³/mol. The van der Waals surface area contributed by atoms with Crippen molar-refractivity contribution in [1.29, 1.82) is 0 Å². The summed E-state index contributed by atoms with van der Waals surface area (Å²) >= 11 is 0. The summed E-state index contributed by atoms with van der Waals surface area (Å²) in [5, 5.41) is 21.8. The van der Waals surface area contributed by atoms with Crippen LogP contribution in [0, 0.1) is 0 Å². The number of carbonyl (C=O) groups excluding carboxylic acids is 3. The number of para-hydroxylation sites is 1. The molecule has 1 fully saturated rings. The molecule has 0 radical (unpaired) electrons. The van der Waals surface area contributed by atoms with Gasteiger partial charge in [-0.2, -0.15) is 5.09 Å². The molecule has 1 unspecified atom stereocenters. The monoisotopic (exact) mass is 558 g/mol. The minimum Gasteiger partial charge on any atom is -0.479 e. The first kappa shape index (κ1) is 29.4. The van der Waals surface area contributed by atoms with E-state index in [-0.39, 0.29) is 5.75 Å². The van der Waals surface area contributed by atoms with Crippen LogP contribution < -0.4 is 9.61 Å². The summed E-state index contributed by atoms with van der Waals surface area (Å²) in [6, 6.07) is 6.31. The van der Waals surface area contributed by atoms with Crippen molar-refractivity contribution in [3.05, 3.63) is 42.6 Å². The van der Waals surface area contributed by atoms with Crippen molar-refractivity contribution < 1.29 is 56.9 Å². The molecule has 0 spiro atoms. The number of aliphatic hydroxyl groups excluding tert-OH is 1. The van der Waals surface area contributed by atoms with Gasteiger partial charge in [0.2, 0.25) is 5.91 Å². The Kier molecular flexibility index (Phi) is 9.05. The minimum atomic E-state index is -4.46. The van der Waals surface area contributed by atoms with E-state index in [0.29, 0.717) is 0 Å². The summed E-state index contributed by atoms with van der Waals surface area (Å²) in [6.07, 6.45) is -4.76. The number of aliphatic hydroxyl groups is 1. The number of amides is 1. The van der Waals surface area contributed by atoms with Gasteiger partial charge in [-0.3, -0.25) is 23.8 Å². The molecule has 1 aromatic rings. The molecule has 0 bridgehead atoms. The molecule has 0 aromatic heterocycles. The highest BCUT2D eigenvalue weighted by Crippen LogP contribution is 2.46. The van der Waals surface area contributed by atoms with Gasteiger partial charge in [0.1, 0.15) is 24.0 Å². The van der Waals surface area contributed by atoms with Crippen molar-refractivity contribution in [2.75, 3.05) is 6.61 Å². The van der Waals surface area contributed by atoms with Crippen molar-refractivity contribution in [3.8, 4) is 5.75 Å². The molecule has 7 atom stereocenters. The van der Waals surface area contributed by atoms with Gasteiger partial charge in [0.15, 0.2) is 23.8 Å². The SMILES string of the molecule is C[C@H](NP(=O)(OC[C@H]1O[C@@H](N2C=CC(=O)CC2=O)[C@](C)(F)[C@@H]1O)Oc1ccccc1)C(=O)O[C@@H](C)C(=O)O. The number of halogens is 1. The van der Waals surface area contributed by atoms with Gasteiger partial charge in [0.05, 0.1) is 13.0 Å². The molecular formula is C23H28FN2O11P. The third-order valence-corrected chi connectivity index (χ3v) is 7.37. The van der Waals surface area contributed by atoms with Gasteiger partial charge >= 0.3 is 19.7 Å². The smallest absolute Gasteiger partial charge is 0.459 e. The van der Waals surface area contributed by atoms with Gasteiger partial charge in [-0.15, -0.1) is 0 Å². The Morgan fingerprint density at radius 2 is 1.95 bits per heavy atom. The van der Waals surface area contributed by atoms with Gasteiger partial charge in [0.25, 0.3) is 0 Å². The lowest BCUT2D eigenvalue weighted by molar-refractivity contribution is -0.163. The van der Waals surface area contributed by atoms with E-state index < -0.39 is 80.7 Å². The number of nitrogens with one attached hydrogen (secondary N) is 1. The van der Waals surface area contributed by atoms with Crippen molar-refractivity contribution >= 4 is 31.4 Å². The quantitative estimate of drug-likeness (QED) is 0.202. The van der Waals surface area contributed by atoms with Gasteiger partial charge in [-0.05, 0) is 39.0 Å². The number of hydrogen-bond donors (Lipinski definition) is 3. The molecule has 208 valence electrons. The molecule has 13 nitrogen and oxygen atoms in total. The zero-order chi connectivity index (χ0) is 28.3. The number of ketones is 1. The molecule has 2 aliphatic heterocycles. The highest BCUT2D eigenvalue weighted by Gasteiger charge is 2.57. The van der Waals surface area contributed by atoms with Gasteiger partial charge in [-0.25, -0.2) is 13.8 Å². The lowest BCUT2D eigenvalue weighted by atomic mass is 9.97. The zero-order valence-corrected chi connectivity index (χ0v) is 21.6. The molecule has 0 aliphatic carbocycles. The number of ether oxygens (including phenoxy) is 2. The largest absolute Gasteiger partial charge is 0.479 e. The Bertz CT molecular complexity index is 1150. The van der Waals surface area contributed by atoms with Crippen LogP contribution >= 0.6 is 7.75 Å². The van der Waals surface area contributed by atoms with E-state index in [1.807, 2.05) is 0 Å².